The van der Waals surface area contributed by atoms with E-state index < -0.39 is 15.9 Å². The quantitative estimate of drug-likeness (QED) is 0.430. The van der Waals surface area contributed by atoms with Crippen molar-refractivity contribution in [3.05, 3.63) is 77.0 Å². The molecule has 2 aromatic heterocycles. The average molecular weight is 472 g/mol. The Bertz CT molecular complexity index is 1430. The van der Waals surface area contributed by atoms with E-state index in [1.807, 2.05) is 29.8 Å². The second kappa shape index (κ2) is 8.73. The van der Waals surface area contributed by atoms with Gasteiger partial charge in [0.25, 0.3) is 5.91 Å². The van der Waals surface area contributed by atoms with Gasteiger partial charge >= 0.3 is 0 Å². The Labute approximate surface area is 189 Å². The number of carbonyl (C=O) groups excluding carboxylic acids is 1. The van der Waals surface area contributed by atoms with Crippen molar-refractivity contribution in [3.8, 4) is 5.75 Å². The van der Waals surface area contributed by atoms with Crippen LogP contribution in [0.4, 0.5) is 0 Å². The minimum absolute atomic E-state index is 0.0858. The van der Waals surface area contributed by atoms with Gasteiger partial charge < -0.3 is 13.7 Å². The smallest absolute Gasteiger partial charge is 0.279 e. The predicted octanol–water partition coefficient (Wildman–Crippen LogP) is 3.40. The molecule has 0 radical (unpaired) electrons. The molecule has 0 bridgehead atoms. The van der Waals surface area contributed by atoms with E-state index in [2.05, 4.69) is 4.99 Å². The first-order valence-electron chi connectivity index (χ1n) is 9.61. The van der Waals surface area contributed by atoms with E-state index >= 15 is 0 Å². The Kier molecular flexibility index (Phi) is 6.00. The minimum atomic E-state index is -3.73. The molecule has 0 saturated heterocycles. The number of thiazole rings is 1. The SMILES string of the molecule is COc1ccc2c(c1)sc(=NC(=O)c1ccc(S(=O)(=O)N(C)Cc3ccco3)cc1)n2C. The highest BCUT2D eigenvalue weighted by atomic mass is 32.2. The van der Waals surface area contributed by atoms with Crippen LogP contribution in [0.3, 0.4) is 0 Å². The van der Waals surface area contributed by atoms with Crippen LogP contribution in [-0.4, -0.2) is 37.4 Å². The van der Waals surface area contributed by atoms with Gasteiger partial charge in [-0.05, 0) is 54.6 Å². The van der Waals surface area contributed by atoms with Crippen LogP contribution < -0.4 is 9.54 Å². The lowest BCUT2D eigenvalue weighted by molar-refractivity contribution is 0.0998. The number of carbonyl (C=O) groups is 1. The van der Waals surface area contributed by atoms with Crippen molar-refractivity contribution in [2.45, 2.75) is 11.4 Å². The van der Waals surface area contributed by atoms with Crippen LogP contribution in [0.2, 0.25) is 0 Å². The number of fused-ring (bicyclic) bond motifs is 1. The molecule has 2 heterocycles. The third-order valence-corrected chi connectivity index (χ3v) is 7.89. The summed E-state index contributed by atoms with van der Waals surface area (Å²) in [5, 5.41) is 0. The van der Waals surface area contributed by atoms with E-state index in [4.69, 9.17) is 9.15 Å². The van der Waals surface area contributed by atoms with Crippen LogP contribution in [0.1, 0.15) is 16.1 Å². The Hall–Kier alpha value is -3.21. The van der Waals surface area contributed by atoms with E-state index in [1.165, 1.54) is 53.2 Å². The van der Waals surface area contributed by atoms with E-state index in [1.54, 1.807) is 19.2 Å². The number of benzene rings is 2. The second-order valence-electron chi connectivity index (χ2n) is 7.06. The number of aromatic nitrogens is 1. The van der Waals surface area contributed by atoms with Crippen LogP contribution in [0.5, 0.6) is 5.75 Å². The Morgan fingerprint density at radius 3 is 2.59 bits per heavy atom. The second-order valence-corrected chi connectivity index (χ2v) is 10.1. The van der Waals surface area contributed by atoms with Crippen LogP contribution in [0.15, 0.2) is 75.2 Å². The molecule has 0 saturated carbocycles. The van der Waals surface area contributed by atoms with Crippen LogP contribution in [0.25, 0.3) is 10.2 Å². The highest BCUT2D eigenvalue weighted by molar-refractivity contribution is 7.89. The van der Waals surface area contributed by atoms with Gasteiger partial charge in [0.15, 0.2) is 4.80 Å². The highest BCUT2D eigenvalue weighted by Crippen LogP contribution is 2.23. The molecule has 10 heteroatoms. The Morgan fingerprint density at radius 2 is 1.94 bits per heavy atom. The van der Waals surface area contributed by atoms with Crippen molar-refractivity contribution < 1.29 is 22.4 Å². The lowest BCUT2D eigenvalue weighted by atomic mass is 10.2. The topological polar surface area (TPSA) is 94.1 Å². The normalized spacial score (nSPS) is 12.6. The molecule has 0 spiro atoms. The molecule has 166 valence electrons. The summed E-state index contributed by atoms with van der Waals surface area (Å²) in [7, 11) is 1.18. The van der Waals surface area contributed by atoms with Crippen LogP contribution in [0, 0.1) is 0 Å². The van der Waals surface area contributed by atoms with Gasteiger partial charge in [-0.1, -0.05) is 11.3 Å². The summed E-state index contributed by atoms with van der Waals surface area (Å²) in [6.07, 6.45) is 1.49. The van der Waals surface area contributed by atoms with Gasteiger partial charge in [0.05, 0.1) is 35.0 Å². The highest BCUT2D eigenvalue weighted by Gasteiger charge is 2.22. The number of nitrogens with zero attached hydrogens (tertiary/aromatic N) is 3. The Balaban J connectivity index is 1.58. The van der Waals surface area contributed by atoms with Gasteiger partial charge in [-0.25, -0.2) is 8.42 Å². The number of hydrogen-bond donors (Lipinski definition) is 0. The van der Waals surface area contributed by atoms with E-state index in [9.17, 15) is 13.2 Å². The Morgan fingerprint density at radius 1 is 1.19 bits per heavy atom. The summed E-state index contributed by atoms with van der Waals surface area (Å²) in [5.41, 5.74) is 1.23. The van der Waals surface area contributed by atoms with Crippen molar-refractivity contribution in [3.63, 3.8) is 0 Å². The van der Waals surface area contributed by atoms with Gasteiger partial charge in [-0.2, -0.15) is 9.30 Å². The zero-order chi connectivity index (χ0) is 22.9. The fraction of sp³-hybridized carbons (Fsp3) is 0.182. The lowest BCUT2D eigenvalue weighted by Crippen LogP contribution is -2.26. The fourth-order valence-electron chi connectivity index (χ4n) is 3.16. The predicted molar refractivity (Wildman–Crippen MR) is 121 cm³/mol. The maximum Gasteiger partial charge on any atom is 0.279 e. The van der Waals surface area contributed by atoms with Crippen molar-refractivity contribution in [1.29, 1.82) is 0 Å². The summed E-state index contributed by atoms with van der Waals surface area (Å²) in [6, 6.07) is 14.8. The molecule has 0 atom stereocenters. The first-order valence-corrected chi connectivity index (χ1v) is 11.9. The maximum atomic E-state index is 12.8. The first-order chi connectivity index (χ1) is 15.3. The molecule has 0 N–H and O–H groups in total. The number of rotatable bonds is 6. The summed E-state index contributed by atoms with van der Waals surface area (Å²) < 4.78 is 40.0. The molecule has 4 rings (SSSR count). The zero-order valence-corrected chi connectivity index (χ0v) is 19.3. The zero-order valence-electron chi connectivity index (χ0n) is 17.7. The van der Waals surface area contributed by atoms with Gasteiger partial charge in [-0.3, -0.25) is 4.79 Å². The molecular weight excluding hydrogens is 450 g/mol. The number of furan rings is 1. The summed E-state index contributed by atoms with van der Waals surface area (Å²) in [5.74, 6) is 0.813. The number of hydrogen-bond acceptors (Lipinski definition) is 6. The molecule has 8 nitrogen and oxygen atoms in total. The molecule has 0 unspecified atom stereocenters. The van der Waals surface area contributed by atoms with Gasteiger partial charge in [0.2, 0.25) is 10.0 Å². The largest absolute Gasteiger partial charge is 0.497 e. The molecular formula is C22H21N3O5S2. The summed E-state index contributed by atoms with van der Waals surface area (Å²) >= 11 is 1.37. The van der Waals surface area contributed by atoms with Crippen molar-refractivity contribution in [1.82, 2.24) is 8.87 Å². The van der Waals surface area contributed by atoms with E-state index in [0.717, 1.165) is 16.0 Å². The summed E-state index contributed by atoms with van der Waals surface area (Å²) in [4.78, 5) is 17.6. The van der Waals surface area contributed by atoms with E-state index in [0.29, 0.717) is 16.1 Å². The number of sulfonamides is 1. The molecule has 0 aliphatic carbocycles. The number of amides is 1. The maximum absolute atomic E-state index is 12.8. The van der Waals surface area contributed by atoms with Crippen molar-refractivity contribution in [2.24, 2.45) is 12.0 Å². The molecule has 4 aromatic rings. The van der Waals surface area contributed by atoms with Crippen molar-refractivity contribution in [2.75, 3.05) is 14.2 Å². The minimum Gasteiger partial charge on any atom is -0.497 e. The van der Waals surface area contributed by atoms with E-state index in [-0.39, 0.29) is 11.4 Å². The molecule has 0 aliphatic heterocycles. The molecule has 1 amide bonds. The number of ether oxygens (including phenoxy) is 1. The standard InChI is InChI=1S/C22H21N3O5S2/c1-24(14-17-5-4-12-30-17)32(27,28)18-9-6-15(7-10-18)21(26)23-22-25(2)19-11-8-16(29-3)13-20(19)31-22/h4-13H,14H2,1-3H3. The van der Waals surface area contributed by atoms with Crippen LogP contribution in [-0.2, 0) is 23.6 Å². The number of aryl methyl sites for hydroxylation is 1. The van der Waals surface area contributed by atoms with Crippen LogP contribution >= 0.6 is 11.3 Å². The van der Waals surface area contributed by atoms with Gasteiger partial charge in [0.1, 0.15) is 11.5 Å². The first kappa shape index (κ1) is 22.0. The third kappa shape index (κ3) is 4.24. The lowest BCUT2D eigenvalue weighted by Gasteiger charge is -2.16. The van der Waals surface area contributed by atoms with Gasteiger partial charge in [0, 0.05) is 19.7 Å². The molecule has 0 fully saturated rings. The third-order valence-electron chi connectivity index (χ3n) is 4.98. The summed E-state index contributed by atoms with van der Waals surface area (Å²) in [6.45, 7) is 0.110. The molecule has 2 aromatic carbocycles. The fourth-order valence-corrected chi connectivity index (χ4v) is 5.34. The molecule has 0 aliphatic rings. The van der Waals surface area contributed by atoms with Gasteiger partial charge in [-0.15, -0.1) is 0 Å². The monoisotopic (exact) mass is 471 g/mol. The molecule has 32 heavy (non-hydrogen) atoms. The number of methoxy groups -OCH3 is 1. The van der Waals surface area contributed by atoms with Crippen molar-refractivity contribution >= 4 is 37.5 Å². The average Bonchev–Trinajstić information content (AvgIpc) is 3.41.